The number of benzene rings is 1. The molecule has 1 aromatic heterocycles. The smallest absolute Gasteiger partial charge is 0.278 e. The van der Waals surface area contributed by atoms with Crippen LogP contribution in [0.1, 0.15) is 16.2 Å². The quantitative estimate of drug-likeness (QED) is 0.793. The number of nitrogens with zero attached hydrogens (tertiary/aromatic N) is 1. The Kier molecular flexibility index (Phi) is 3.45. The molecule has 1 aromatic carbocycles. The van der Waals surface area contributed by atoms with E-state index < -0.39 is 5.91 Å². The Morgan fingerprint density at radius 1 is 1.33 bits per heavy atom. The molecule has 0 aliphatic carbocycles. The van der Waals surface area contributed by atoms with E-state index in [2.05, 4.69) is 15.5 Å². The minimum atomic E-state index is -0.421. The van der Waals surface area contributed by atoms with Crippen molar-refractivity contribution in [2.75, 3.05) is 11.1 Å². The fourth-order valence-electron chi connectivity index (χ4n) is 1.43. The van der Waals surface area contributed by atoms with Gasteiger partial charge in [0.05, 0.1) is 11.4 Å². The largest absolute Gasteiger partial charge is 0.395 e. The molecule has 0 atom stereocenters. The van der Waals surface area contributed by atoms with Crippen LogP contribution in [0, 0.1) is 6.92 Å². The van der Waals surface area contributed by atoms with Crippen molar-refractivity contribution in [1.29, 1.82) is 0 Å². The lowest BCUT2D eigenvalue weighted by Crippen LogP contribution is -2.14. The van der Waals surface area contributed by atoms with Crippen LogP contribution in [0.15, 0.2) is 18.2 Å². The van der Waals surface area contributed by atoms with E-state index in [9.17, 15) is 4.79 Å². The number of nitrogen functional groups attached to an aromatic ring is 1. The van der Waals surface area contributed by atoms with E-state index in [1.54, 1.807) is 25.1 Å². The van der Waals surface area contributed by atoms with Gasteiger partial charge in [0.2, 0.25) is 0 Å². The minimum absolute atomic E-state index is 0.142. The fourth-order valence-corrected chi connectivity index (χ4v) is 1.95. The van der Waals surface area contributed by atoms with Crippen LogP contribution in [0.5, 0.6) is 0 Å². The standard InChI is InChI=1S/C11H10Cl2N4O/c1-5-9(14)10(17-16-5)11(18)15-8-3-6(12)2-7(13)4-8/h2-4H,14H2,1H3,(H,15,18)(H,16,17). The third-order valence-electron chi connectivity index (χ3n) is 2.33. The van der Waals surface area contributed by atoms with Gasteiger partial charge in [-0.05, 0) is 25.1 Å². The van der Waals surface area contributed by atoms with E-state index in [1.807, 2.05) is 0 Å². The van der Waals surface area contributed by atoms with E-state index >= 15 is 0 Å². The van der Waals surface area contributed by atoms with E-state index in [-0.39, 0.29) is 5.69 Å². The molecule has 0 radical (unpaired) electrons. The Labute approximate surface area is 113 Å². The van der Waals surface area contributed by atoms with Gasteiger partial charge >= 0.3 is 0 Å². The first-order valence-corrected chi connectivity index (χ1v) is 5.81. The Bertz CT molecular complexity index is 589. The van der Waals surface area contributed by atoms with Crippen LogP contribution in [-0.4, -0.2) is 16.1 Å². The molecule has 0 aliphatic heterocycles. The summed E-state index contributed by atoms with van der Waals surface area (Å²) in [4.78, 5) is 11.9. The number of H-pyrrole nitrogens is 1. The molecule has 0 spiro atoms. The maximum Gasteiger partial charge on any atom is 0.278 e. The number of aryl methyl sites for hydroxylation is 1. The van der Waals surface area contributed by atoms with Gasteiger partial charge < -0.3 is 11.1 Å². The van der Waals surface area contributed by atoms with Crippen molar-refractivity contribution < 1.29 is 4.79 Å². The Balaban J connectivity index is 2.24. The number of hydrogen-bond acceptors (Lipinski definition) is 3. The van der Waals surface area contributed by atoms with Gasteiger partial charge in [-0.2, -0.15) is 5.10 Å². The zero-order valence-corrected chi connectivity index (χ0v) is 10.9. The second-order valence-electron chi connectivity index (χ2n) is 3.72. The molecule has 1 amide bonds. The average molecular weight is 285 g/mol. The highest BCUT2D eigenvalue weighted by atomic mass is 35.5. The van der Waals surface area contributed by atoms with Gasteiger partial charge in [0.25, 0.3) is 5.91 Å². The van der Waals surface area contributed by atoms with E-state index in [1.165, 1.54) is 0 Å². The van der Waals surface area contributed by atoms with Crippen molar-refractivity contribution in [2.24, 2.45) is 0 Å². The number of nitrogens with two attached hydrogens (primary N) is 1. The zero-order chi connectivity index (χ0) is 13.3. The summed E-state index contributed by atoms with van der Waals surface area (Å²) in [5.74, 6) is -0.421. The van der Waals surface area contributed by atoms with Gasteiger partial charge in [0, 0.05) is 15.7 Å². The molecule has 5 nitrogen and oxygen atoms in total. The van der Waals surface area contributed by atoms with Gasteiger partial charge in [-0.3, -0.25) is 9.89 Å². The van der Waals surface area contributed by atoms with Gasteiger partial charge in [0.1, 0.15) is 0 Å². The first-order valence-electron chi connectivity index (χ1n) is 5.05. The highest BCUT2D eigenvalue weighted by molar-refractivity contribution is 6.35. The number of halogens is 2. The maximum atomic E-state index is 11.9. The molecule has 2 rings (SSSR count). The second-order valence-corrected chi connectivity index (χ2v) is 4.60. The third-order valence-corrected chi connectivity index (χ3v) is 2.77. The molecule has 7 heteroatoms. The predicted octanol–water partition coefficient (Wildman–Crippen LogP) is 2.86. The topological polar surface area (TPSA) is 83.8 Å². The second kappa shape index (κ2) is 4.88. The molecule has 0 bridgehead atoms. The molecule has 1 heterocycles. The summed E-state index contributed by atoms with van der Waals surface area (Å²) < 4.78 is 0. The van der Waals surface area contributed by atoms with Crippen LogP contribution < -0.4 is 11.1 Å². The summed E-state index contributed by atoms with van der Waals surface area (Å²) in [5.41, 5.74) is 7.30. The number of carbonyl (C=O) groups excluding carboxylic acids is 1. The molecule has 0 saturated carbocycles. The molecule has 18 heavy (non-hydrogen) atoms. The number of anilines is 2. The first kappa shape index (κ1) is 12.7. The number of rotatable bonds is 2. The lowest BCUT2D eigenvalue weighted by Gasteiger charge is -2.05. The fraction of sp³-hybridized carbons (Fsp3) is 0.0909. The van der Waals surface area contributed by atoms with Gasteiger partial charge in [-0.15, -0.1) is 0 Å². The number of hydrogen-bond donors (Lipinski definition) is 3. The number of amides is 1. The molecule has 0 aliphatic rings. The monoisotopic (exact) mass is 284 g/mol. The molecular formula is C11H10Cl2N4O. The van der Waals surface area contributed by atoms with E-state index in [0.29, 0.717) is 27.1 Å². The van der Waals surface area contributed by atoms with Crippen molar-refractivity contribution in [3.05, 3.63) is 39.6 Å². The van der Waals surface area contributed by atoms with Gasteiger partial charge in [-0.25, -0.2) is 0 Å². The van der Waals surface area contributed by atoms with Crippen LogP contribution in [0.2, 0.25) is 10.0 Å². The van der Waals surface area contributed by atoms with Crippen LogP contribution in [0.25, 0.3) is 0 Å². The minimum Gasteiger partial charge on any atom is -0.395 e. The SMILES string of the molecule is Cc1[nH]nc(C(=O)Nc2cc(Cl)cc(Cl)c2)c1N. The normalized spacial score (nSPS) is 10.4. The highest BCUT2D eigenvalue weighted by Crippen LogP contribution is 2.23. The maximum absolute atomic E-state index is 11.9. The van der Waals surface area contributed by atoms with Crippen LogP contribution in [0.4, 0.5) is 11.4 Å². The molecular weight excluding hydrogens is 275 g/mol. The van der Waals surface area contributed by atoms with Crippen molar-refractivity contribution >= 4 is 40.5 Å². The summed E-state index contributed by atoms with van der Waals surface area (Å²) >= 11 is 11.7. The van der Waals surface area contributed by atoms with Crippen LogP contribution in [-0.2, 0) is 0 Å². The number of nitrogens with one attached hydrogen (secondary N) is 2. The van der Waals surface area contributed by atoms with Crippen molar-refractivity contribution in [1.82, 2.24) is 10.2 Å². The molecule has 0 unspecified atom stereocenters. The predicted molar refractivity (Wildman–Crippen MR) is 72.2 cm³/mol. The Morgan fingerprint density at radius 2 is 1.94 bits per heavy atom. The van der Waals surface area contributed by atoms with Crippen LogP contribution >= 0.6 is 23.2 Å². The van der Waals surface area contributed by atoms with Crippen molar-refractivity contribution in [2.45, 2.75) is 6.92 Å². The lowest BCUT2D eigenvalue weighted by molar-refractivity contribution is 0.102. The zero-order valence-electron chi connectivity index (χ0n) is 9.42. The van der Waals surface area contributed by atoms with Crippen molar-refractivity contribution in [3.8, 4) is 0 Å². The van der Waals surface area contributed by atoms with Gasteiger partial charge in [-0.1, -0.05) is 23.2 Å². The first-order chi connectivity index (χ1) is 8.47. The molecule has 0 fully saturated rings. The molecule has 2 aromatic rings. The highest BCUT2D eigenvalue weighted by Gasteiger charge is 2.15. The Morgan fingerprint density at radius 3 is 2.44 bits per heavy atom. The van der Waals surface area contributed by atoms with Crippen molar-refractivity contribution in [3.63, 3.8) is 0 Å². The summed E-state index contributed by atoms with van der Waals surface area (Å²) in [6.07, 6.45) is 0. The average Bonchev–Trinajstić information content (AvgIpc) is 2.58. The van der Waals surface area contributed by atoms with Gasteiger partial charge in [0.15, 0.2) is 5.69 Å². The van der Waals surface area contributed by atoms with E-state index in [4.69, 9.17) is 28.9 Å². The molecule has 94 valence electrons. The summed E-state index contributed by atoms with van der Waals surface area (Å²) in [5, 5.41) is 9.96. The lowest BCUT2D eigenvalue weighted by atomic mass is 10.2. The summed E-state index contributed by atoms with van der Waals surface area (Å²) in [6.45, 7) is 1.73. The summed E-state index contributed by atoms with van der Waals surface area (Å²) in [6, 6.07) is 4.74. The third kappa shape index (κ3) is 2.57. The number of aromatic amines is 1. The summed E-state index contributed by atoms with van der Waals surface area (Å²) in [7, 11) is 0. The number of aromatic nitrogens is 2. The number of carbonyl (C=O) groups is 1. The Hall–Kier alpha value is -1.72. The van der Waals surface area contributed by atoms with Crippen LogP contribution in [0.3, 0.4) is 0 Å². The molecule has 0 saturated heterocycles. The van der Waals surface area contributed by atoms with E-state index in [0.717, 1.165) is 0 Å². The molecule has 4 N–H and O–H groups in total.